The molecule has 1 aliphatic heterocycles. The highest BCUT2D eigenvalue weighted by molar-refractivity contribution is 5.83. The van der Waals surface area contributed by atoms with Crippen molar-refractivity contribution >= 4 is 5.91 Å². The van der Waals surface area contributed by atoms with Crippen LogP contribution in [0.25, 0.3) is 0 Å². The number of nitrogens with one attached hydrogen (secondary N) is 1. The van der Waals surface area contributed by atoms with Gasteiger partial charge in [-0.1, -0.05) is 18.2 Å². The highest BCUT2D eigenvalue weighted by Crippen LogP contribution is 2.43. The highest BCUT2D eigenvalue weighted by atomic mass is 19.4. The summed E-state index contributed by atoms with van der Waals surface area (Å²) in [5.41, 5.74) is 0.818. The third-order valence-electron chi connectivity index (χ3n) is 3.68. The van der Waals surface area contributed by atoms with Crippen LogP contribution in [0.1, 0.15) is 46.2 Å². The molecular weight excluding hydrogens is 321 g/mol. The van der Waals surface area contributed by atoms with Crippen LogP contribution in [0.4, 0.5) is 13.2 Å². The van der Waals surface area contributed by atoms with Crippen LogP contribution in [0.5, 0.6) is 5.75 Å². The van der Waals surface area contributed by atoms with Crippen molar-refractivity contribution in [2.45, 2.75) is 52.4 Å². The number of carbonyl (C=O) groups excluding carboxylic acids is 1. The Morgan fingerprint density at radius 2 is 1.79 bits per heavy atom. The zero-order chi connectivity index (χ0) is 18.3. The smallest absolute Gasteiger partial charge is 0.410 e. The second-order valence-electron chi connectivity index (χ2n) is 7.65. The average Bonchev–Trinajstić information content (AvgIpc) is 2.62. The Morgan fingerprint density at radius 3 is 2.25 bits per heavy atom. The first-order valence-corrected chi connectivity index (χ1v) is 7.74. The van der Waals surface area contributed by atoms with E-state index in [-0.39, 0.29) is 17.9 Å². The minimum Gasteiger partial charge on any atom is -0.488 e. The lowest BCUT2D eigenvalue weighted by Gasteiger charge is -2.32. The van der Waals surface area contributed by atoms with E-state index in [4.69, 9.17) is 4.74 Å². The van der Waals surface area contributed by atoms with Gasteiger partial charge < -0.3 is 4.74 Å². The van der Waals surface area contributed by atoms with Gasteiger partial charge in [0.25, 0.3) is 0 Å². The highest BCUT2D eigenvalue weighted by Gasteiger charge is 2.52. The van der Waals surface area contributed by atoms with Gasteiger partial charge in [-0.05, 0) is 40.7 Å². The van der Waals surface area contributed by atoms with Gasteiger partial charge in [0.15, 0.2) is 6.04 Å². The van der Waals surface area contributed by atoms with Crippen LogP contribution < -0.4 is 10.2 Å². The van der Waals surface area contributed by atoms with Gasteiger partial charge in [-0.3, -0.25) is 10.2 Å². The number of hydrazine groups is 1. The SMILES string of the molecule is CC(C)(C)Oc1ccccc1C(N1CC(C)(C)C(=O)N1)C(F)(F)F. The normalized spacial score (nSPS) is 19.9. The Balaban J connectivity index is 2.46. The zero-order valence-electron chi connectivity index (χ0n) is 14.5. The maximum absolute atomic E-state index is 13.8. The number of hydrogen-bond acceptors (Lipinski definition) is 3. The predicted octanol–water partition coefficient (Wildman–Crippen LogP) is 3.84. The molecule has 24 heavy (non-hydrogen) atoms. The number of alkyl halides is 3. The fraction of sp³-hybridized carbons (Fsp3) is 0.588. The van der Waals surface area contributed by atoms with Crippen LogP contribution in [0, 0.1) is 5.41 Å². The molecule has 134 valence electrons. The van der Waals surface area contributed by atoms with E-state index < -0.39 is 29.1 Å². The van der Waals surface area contributed by atoms with E-state index in [2.05, 4.69) is 5.43 Å². The molecule has 1 heterocycles. The van der Waals surface area contributed by atoms with E-state index >= 15 is 0 Å². The summed E-state index contributed by atoms with van der Waals surface area (Å²) in [7, 11) is 0. The monoisotopic (exact) mass is 344 g/mol. The largest absolute Gasteiger partial charge is 0.488 e. The molecule has 0 spiro atoms. The summed E-state index contributed by atoms with van der Waals surface area (Å²) < 4.78 is 47.1. The van der Waals surface area contributed by atoms with Crippen molar-refractivity contribution in [1.82, 2.24) is 10.4 Å². The molecule has 0 bridgehead atoms. The van der Waals surface area contributed by atoms with Crippen LogP contribution in [0.15, 0.2) is 24.3 Å². The maximum atomic E-state index is 13.8. The molecule has 1 amide bonds. The van der Waals surface area contributed by atoms with Gasteiger partial charge in [-0.2, -0.15) is 13.2 Å². The van der Waals surface area contributed by atoms with Gasteiger partial charge >= 0.3 is 6.18 Å². The number of carbonyl (C=O) groups is 1. The van der Waals surface area contributed by atoms with Gasteiger partial charge in [0.1, 0.15) is 11.4 Å². The second-order valence-corrected chi connectivity index (χ2v) is 7.65. The molecule has 1 N–H and O–H groups in total. The molecule has 1 aromatic carbocycles. The van der Waals surface area contributed by atoms with E-state index in [1.807, 2.05) is 0 Å². The van der Waals surface area contributed by atoms with Crippen LogP contribution in [-0.4, -0.2) is 29.2 Å². The third kappa shape index (κ3) is 4.01. The zero-order valence-corrected chi connectivity index (χ0v) is 14.5. The molecule has 0 radical (unpaired) electrons. The molecule has 0 saturated carbocycles. The summed E-state index contributed by atoms with van der Waals surface area (Å²) >= 11 is 0. The number of hydrogen-bond donors (Lipinski definition) is 1. The standard InChI is InChI=1S/C17H23F3N2O2/c1-15(2,3)24-12-9-7-6-8-11(12)13(17(18,19)20)22-10-16(4,5)14(23)21-22/h6-9,13H,10H2,1-5H3,(H,21,23). The molecule has 7 heteroatoms. The first kappa shape index (κ1) is 18.6. The molecule has 0 aromatic heterocycles. The van der Waals surface area contributed by atoms with Gasteiger partial charge in [0, 0.05) is 12.1 Å². The van der Waals surface area contributed by atoms with E-state index in [0.29, 0.717) is 0 Å². The number of nitrogens with zero attached hydrogens (tertiary/aromatic N) is 1. The van der Waals surface area contributed by atoms with E-state index in [9.17, 15) is 18.0 Å². The van der Waals surface area contributed by atoms with Crippen molar-refractivity contribution in [1.29, 1.82) is 0 Å². The van der Waals surface area contributed by atoms with Crippen molar-refractivity contribution in [2.75, 3.05) is 6.54 Å². The number of halogens is 3. The average molecular weight is 344 g/mol. The lowest BCUT2D eigenvalue weighted by molar-refractivity contribution is -0.192. The number of amides is 1. The molecule has 1 saturated heterocycles. The van der Waals surface area contributed by atoms with Crippen LogP contribution in [0.2, 0.25) is 0 Å². The first-order chi connectivity index (χ1) is 10.8. The molecule has 4 nitrogen and oxygen atoms in total. The topological polar surface area (TPSA) is 41.6 Å². The Labute approximate surface area is 139 Å². The Kier molecular flexibility index (Phi) is 4.61. The van der Waals surface area contributed by atoms with Gasteiger partial charge in [-0.15, -0.1) is 0 Å². The number of rotatable bonds is 3. The Morgan fingerprint density at radius 1 is 1.21 bits per heavy atom. The van der Waals surface area contributed by atoms with Gasteiger partial charge in [-0.25, -0.2) is 5.01 Å². The number of benzene rings is 1. The van der Waals surface area contributed by atoms with Crippen molar-refractivity contribution in [2.24, 2.45) is 5.41 Å². The molecule has 1 aliphatic rings. The lowest BCUT2D eigenvalue weighted by Crippen LogP contribution is -2.44. The maximum Gasteiger partial charge on any atom is 0.410 e. The molecule has 0 aliphatic carbocycles. The fourth-order valence-corrected chi connectivity index (χ4v) is 2.62. The van der Waals surface area contributed by atoms with E-state index in [0.717, 1.165) is 5.01 Å². The van der Waals surface area contributed by atoms with E-state index in [1.54, 1.807) is 40.7 Å². The molecular formula is C17H23F3N2O2. The van der Waals surface area contributed by atoms with Crippen molar-refractivity contribution < 1.29 is 22.7 Å². The van der Waals surface area contributed by atoms with Crippen molar-refractivity contribution in [3.8, 4) is 5.75 Å². The number of ether oxygens (including phenoxy) is 1. The van der Waals surface area contributed by atoms with E-state index in [1.165, 1.54) is 18.2 Å². The second kappa shape index (κ2) is 5.95. The van der Waals surface area contributed by atoms with Crippen LogP contribution in [0.3, 0.4) is 0 Å². The summed E-state index contributed by atoms with van der Waals surface area (Å²) in [5, 5.41) is 0.952. The molecule has 1 atom stereocenters. The third-order valence-corrected chi connectivity index (χ3v) is 3.68. The van der Waals surface area contributed by atoms with Crippen LogP contribution in [-0.2, 0) is 4.79 Å². The first-order valence-electron chi connectivity index (χ1n) is 7.74. The minimum absolute atomic E-state index is 0.0158. The summed E-state index contributed by atoms with van der Waals surface area (Å²) in [6.07, 6.45) is -4.56. The Hall–Kier alpha value is -1.76. The van der Waals surface area contributed by atoms with Crippen molar-refractivity contribution in [3.63, 3.8) is 0 Å². The predicted molar refractivity (Wildman–Crippen MR) is 84.2 cm³/mol. The quantitative estimate of drug-likeness (QED) is 0.906. The van der Waals surface area contributed by atoms with Crippen LogP contribution >= 0.6 is 0 Å². The molecule has 1 unspecified atom stereocenters. The molecule has 2 rings (SSSR count). The summed E-state index contributed by atoms with van der Waals surface area (Å²) in [5.74, 6) is -0.266. The van der Waals surface area contributed by atoms with Gasteiger partial charge in [0.2, 0.25) is 5.91 Å². The lowest BCUT2D eigenvalue weighted by atomic mass is 9.93. The molecule has 1 aromatic rings. The molecule has 1 fully saturated rings. The summed E-state index contributed by atoms with van der Waals surface area (Å²) in [6, 6.07) is 4.10. The summed E-state index contributed by atoms with van der Waals surface area (Å²) in [6.45, 7) is 8.51. The minimum atomic E-state index is -4.56. The van der Waals surface area contributed by atoms with Crippen molar-refractivity contribution in [3.05, 3.63) is 29.8 Å². The Bertz CT molecular complexity index is 621. The number of para-hydroxylation sites is 1. The fourth-order valence-electron chi connectivity index (χ4n) is 2.62. The summed E-state index contributed by atoms with van der Waals surface area (Å²) in [4.78, 5) is 11.9. The van der Waals surface area contributed by atoms with Gasteiger partial charge in [0.05, 0.1) is 5.41 Å².